The maximum atomic E-state index is 4.17. The minimum Gasteiger partial charge on any atom is -0.197 e. The van der Waals surface area contributed by atoms with Crippen LogP contribution in [0, 0.1) is 0 Å². The van der Waals surface area contributed by atoms with Crippen LogP contribution in [-0.4, -0.2) is 15.4 Å². The zero-order chi connectivity index (χ0) is 9.35. The molecule has 0 bridgehead atoms. The lowest BCUT2D eigenvalue weighted by atomic mass is 9.88. The fourth-order valence-electron chi connectivity index (χ4n) is 1.19. The van der Waals surface area contributed by atoms with Crippen molar-refractivity contribution < 1.29 is 0 Å². The molecule has 3 heteroatoms. The molecule has 68 valence electrons. The summed E-state index contributed by atoms with van der Waals surface area (Å²) >= 11 is 0. The van der Waals surface area contributed by atoms with Crippen LogP contribution in [0.2, 0.25) is 0 Å². The van der Waals surface area contributed by atoms with E-state index in [1.54, 1.807) is 0 Å². The van der Waals surface area contributed by atoms with Crippen molar-refractivity contribution >= 4 is 0 Å². The van der Waals surface area contributed by atoms with E-state index in [1.807, 2.05) is 0 Å². The van der Waals surface area contributed by atoms with Gasteiger partial charge in [-0.1, -0.05) is 34.6 Å². The first kappa shape index (κ1) is 9.23. The Morgan fingerprint density at radius 3 is 2.08 bits per heavy atom. The summed E-state index contributed by atoms with van der Waals surface area (Å²) in [5, 5.41) is 11.0. The molecule has 0 aliphatic rings. The van der Waals surface area contributed by atoms with Gasteiger partial charge in [0, 0.05) is 5.41 Å². The van der Waals surface area contributed by atoms with Gasteiger partial charge in [0.15, 0.2) is 0 Å². The van der Waals surface area contributed by atoms with Crippen molar-refractivity contribution in [3.05, 3.63) is 11.4 Å². The lowest BCUT2D eigenvalue weighted by Crippen LogP contribution is -2.15. The van der Waals surface area contributed by atoms with E-state index in [0.717, 1.165) is 11.4 Å². The van der Waals surface area contributed by atoms with E-state index in [2.05, 4.69) is 50.0 Å². The van der Waals surface area contributed by atoms with Gasteiger partial charge in [0.1, 0.15) is 0 Å². The van der Waals surface area contributed by atoms with Gasteiger partial charge in [-0.05, 0) is 5.92 Å². The number of aromatic nitrogens is 3. The first-order valence-corrected chi connectivity index (χ1v) is 4.34. The molecule has 1 aromatic heterocycles. The van der Waals surface area contributed by atoms with Gasteiger partial charge in [-0.25, -0.2) is 0 Å². The molecular formula is C9H17N3. The van der Waals surface area contributed by atoms with E-state index in [0.29, 0.717) is 5.92 Å². The summed E-state index contributed by atoms with van der Waals surface area (Å²) < 4.78 is 0. The quantitative estimate of drug-likeness (QED) is 0.696. The minimum atomic E-state index is 0.0899. The summed E-state index contributed by atoms with van der Waals surface area (Å²) in [6, 6.07) is 0. The van der Waals surface area contributed by atoms with Gasteiger partial charge in [0.05, 0.1) is 11.4 Å². The van der Waals surface area contributed by atoms with Crippen LogP contribution in [0.5, 0.6) is 0 Å². The Morgan fingerprint density at radius 2 is 1.75 bits per heavy atom. The molecule has 0 aliphatic heterocycles. The summed E-state index contributed by atoms with van der Waals surface area (Å²) in [5.74, 6) is 0.443. The van der Waals surface area contributed by atoms with Crippen molar-refractivity contribution in [2.24, 2.45) is 0 Å². The Hall–Kier alpha value is -0.860. The maximum absolute atomic E-state index is 4.17. The largest absolute Gasteiger partial charge is 0.197 e. The molecule has 0 saturated carbocycles. The van der Waals surface area contributed by atoms with Gasteiger partial charge < -0.3 is 0 Å². The van der Waals surface area contributed by atoms with Crippen molar-refractivity contribution in [2.45, 2.75) is 46.0 Å². The van der Waals surface area contributed by atoms with Crippen LogP contribution in [0.1, 0.15) is 51.9 Å². The topological polar surface area (TPSA) is 41.6 Å². The molecular weight excluding hydrogens is 150 g/mol. The lowest BCUT2D eigenvalue weighted by Gasteiger charge is -2.17. The molecule has 0 saturated heterocycles. The highest BCUT2D eigenvalue weighted by molar-refractivity contribution is 5.20. The van der Waals surface area contributed by atoms with E-state index in [9.17, 15) is 0 Å². The molecule has 12 heavy (non-hydrogen) atoms. The Bertz CT molecular complexity index is 255. The summed E-state index contributed by atoms with van der Waals surface area (Å²) in [6.07, 6.45) is 0. The number of nitrogens with one attached hydrogen (secondary N) is 1. The molecule has 0 fully saturated rings. The highest BCUT2D eigenvalue weighted by Gasteiger charge is 2.23. The molecule has 0 spiro atoms. The summed E-state index contributed by atoms with van der Waals surface area (Å²) in [4.78, 5) is 0. The predicted octanol–water partition coefficient (Wildman–Crippen LogP) is 2.23. The third kappa shape index (κ3) is 1.65. The SMILES string of the molecule is CC(C)c1n[nH]nc1C(C)(C)C. The van der Waals surface area contributed by atoms with E-state index >= 15 is 0 Å². The van der Waals surface area contributed by atoms with E-state index in [1.165, 1.54) is 0 Å². The van der Waals surface area contributed by atoms with Crippen LogP contribution in [-0.2, 0) is 5.41 Å². The third-order valence-corrected chi connectivity index (χ3v) is 1.83. The van der Waals surface area contributed by atoms with Crippen LogP contribution in [0.3, 0.4) is 0 Å². The van der Waals surface area contributed by atoms with E-state index in [4.69, 9.17) is 0 Å². The number of hydrogen-bond acceptors (Lipinski definition) is 2. The smallest absolute Gasteiger partial charge is 0.0912 e. The first-order valence-electron chi connectivity index (χ1n) is 4.34. The van der Waals surface area contributed by atoms with Crippen molar-refractivity contribution in [3.8, 4) is 0 Å². The molecule has 0 atom stereocenters. The number of nitrogens with zero attached hydrogens (tertiary/aromatic N) is 2. The molecule has 0 amide bonds. The predicted molar refractivity (Wildman–Crippen MR) is 49.2 cm³/mol. The van der Waals surface area contributed by atoms with Crippen LogP contribution in [0.25, 0.3) is 0 Å². The van der Waals surface area contributed by atoms with Crippen molar-refractivity contribution in [3.63, 3.8) is 0 Å². The standard InChI is InChI=1S/C9H17N3/c1-6(2)7-8(9(3,4)5)11-12-10-7/h6H,1-5H3,(H,10,11,12). The molecule has 0 radical (unpaired) electrons. The Balaban J connectivity index is 3.08. The molecule has 0 aromatic carbocycles. The van der Waals surface area contributed by atoms with E-state index in [-0.39, 0.29) is 5.41 Å². The Labute approximate surface area is 73.6 Å². The Morgan fingerprint density at radius 1 is 1.17 bits per heavy atom. The Kier molecular flexibility index (Phi) is 2.22. The first-order chi connectivity index (χ1) is 5.43. The molecule has 3 nitrogen and oxygen atoms in total. The molecule has 1 aromatic rings. The van der Waals surface area contributed by atoms with Gasteiger partial charge in [0.25, 0.3) is 0 Å². The minimum absolute atomic E-state index is 0.0899. The monoisotopic (exact) mass is 167 g/mol. The molecule has 1 N–H and O–H groups in total. The summed E-state index contributed by atoms with van der Waals surface area (Å²) in [7, 11) is 0. The summed E-state index contributed by atoms with van der Waals surface area (Å²) in [5.41, 5.74) is 2.26. The number of H-pyrrole nitrogens is 1. The van der Waals surface area contributed by atoms with Crippen molar-refractivity contribution in [2.75, 3.05) is 0 Å². The zero-order valence-corrected chi connectivity index (χ0v) is 8.47. The number of rotatable bonds is 1. The van der Waals surface area contributed by atoms with Crippen LogP contribution in [0.15, 0.2) is 0 Å². The number of hydrogen-bond donors (Lipinski definition) is 1. The average molecular weight is 167 g/mol. The fourth-order valence-corrected chi connectivity index (χ4v) is 1.19. The van der Waals surface area contributed by atoms with Crippen LogP contribution < -0.4 is 0 Å². The van der Waals surface area contributed by atoms with Gasteiger partial charge in [-0.2, -0.15) is 15.4 Å². The van der Waals surface area contributed by atoms with Crippen molar-refractivity contribution in [1.82, 2.24) is 15.4 Å². The van der Waals surface area contributed by atoms with Crippen molar-refractivity contribution in [1.29, 1.82) is 0 Å². The highest BCUT2D eigenvalue weighted by Crippen LogP contribution is 2.26. The van der Waals surface area contributed by atoms with Gasteiger partial charge in [-0.3, -0.25) is 0 Å². The lowest BCUT2D eigenvalue weighted by molar-refractivity contribution is 0.555. The second-order valence-electron chi connectivity index (χ2n) is 4.46. The molecule has 0 aliphatic carbocycles. The molecule has 1 heterocycles. The fraction of sp³-hybridized carbons (Fsp3) is 0.778. The summed E-state index contributed by atoms with van der Waals surface area (Å²) in [6.45, 7) is 10.7. The van der Waals surface area contributed by atoms with E-state index < -0.39 is 0 Å². The maximum Gasteiger partial charge on any atom is 0.0912 e. The second-order valence-corrected chi connectivity index (χ2v) is 4.46. The van der Waals surface area contributed by atoms with Gasteiger partial charge in [-0.15, -0.1) is 0 Å². The number of aromatic amines is 1. The second kappa shape index (κ2) is 2.88. The average Bonchev–Trinajstić information content (AvgIpc) is 2.30. The molecule has 0 unspecified atom stereocenters. The van der Waals surface area contributed by atoms with Crippen LogP contribution >= 0.6 is 0 Å². The van der Waals surface area contributed by atoms with Gasteiger partial charge >= 0.3 is 0 Å². The van der Waals surface area contributed by atoms with Gasteiger partial charge in [0.2, 0.25) is 0 Å². The van der Waals surface area contributed by atoms with Crippen LogP contribution in [0.4, 0.5) is 0 Å². The normalized spacial score (nSPS) is 12.5. The molecule has 1 rings (SSSR count). The zero-order valence-electron chi connectivity index (χ0n) is 8.47. The third-order valence-electron chi connectivity index (χ3n) is 1.83. The highest BCUT2D eigenvalue weighted by atomic mass is 15.3.